The molecule has 0 spiro atoms. The maximum Gasteiger partial charge on any atom is 0.256 e. The summed E-state index contributed by atoms with van der Waals surface area (Å²) in [7, 11) is 5.39. The second-order valence-corrected chi connectivity index (χ2v) is 6.57. The first-order chi connectivity index (χ1) is 12.0. The first-order valence-electron chi connectivity index (χ1n) is 8.58. The van der Waals surface area contributed by atoms with Crippen molar-refractivity contribution < 1.29 is 9.53 Å². The van der Waals surface area contributed by atoms with E-state index in [1.54, 1.807) is 13.1 Å². The average Bonchev–Trinajstić information content (AvgIpc) is 2.63. The number of halogens is 1. The normalized spacial score (nSPS) is 11.0. The average molecular weight is 416 g/mol. The Morgan fingerprint density at radius 2 is 2.00 bits per heavy atom. The molecule has 1 amide bonds. The van der Waals surface area contributed by atoms with Gasteiger partial charge in [-0.25, -0.2) is 0 Å². The third-order valence-corrected chi connectivity index (χ3v) is 4.72. The lowest BCUT2D eigenvalue weighted by Gasteiger charge is -2.23. The first-order valence-corrected chi connectivity index (χ1v) is 9.37. The Balaban J connectivity index is 2.60. The predicted molar refractivity (Wildman–Crippen MR) is 106 cm³/mol. The summed E-state index contributed by atoms with van der Waals surface area (Å²) in [6, 6.07) is 1.72. The van der Waals surface area contributed by atoms with Crippen LogP contribution in [0.15, 0.2) is 10.5 Å². The summed E-state index contributed by atoms with van der Waals surface area (Å²) in [6.45, 7) is 9.68. The van der Waals surface area contributed by atoms with E-state index in [1.807, 2.05) is 0 Å². The number of carbonyl (C=O) groups is 1. The number of methoxy groups -OCH3 is 1. The Bertz CT molecular complexity index is 556. The molecule has 0 aliphatic heterocycles. The molecule has 7 nitrogen and oxygen atoms in total. The van der Waals surface area contributed by atoms with Crippen LogP contribution < -0.4 is 15.4 Å². The first kappa shape index (κ1) is 21.7. The molecule has 0 aliphatic carbocycles. The van der Waals surface area contributed by atoms with Crippen molar-refractivity contribution in [2.75, 3.05) is 65.8 Å². The van der Waals surface area contributed by atoms with E-state index in [2.05, 4.69) is 62.2 Å². The fourth-order valence-corrected chi connectivity index (χ4v) is 2.80. The number of nitrogens with one attached hydrogen (secondary N) is 2. The summed E-state index contributed by atoms with van der Waals surface area (Å²) in [6.07, 6.45) is 0. The highest BCUT2D eigenvalue weighted by Gasteiger charge is 2.17. The zero-order chi connectivity index (χ0) is 18.8. The summed E-state index contributed by atoms with van der Waals surface area (Å²) in [5, 5.41) is 5.90. The van der Waals surface area contributed by atoms with Gasteiger partial charge >= 0.3 is 0 Å². The zero-order valence-electron chi connectivity index (χ0n) is 15.9. The van der Waals surface area contributed by atoms with Crippen molar-refractivity contribution >= 4 is 27.7 Å². The Kier molecular flexibility index (Phi) is 9.77. The van der Waals surface area contributed by atoms with Crippen molar-refractivity contribution in [1.29, 1.82) is 0 Å². The van der Waals surface area contributed by atoms with Gasteiger partial charge in [0, 0.05) is 33.2 Å². The summed E-state index contributed by atoms with van der Waals surface area (Å²) < 4.78 is 5.96. The standard InChI is InChI=1S/C17H30BrN5O2/c1-6-22(4)10-11-23(7-2)9-8-20-16(24)13-12-14(18)15(19-3)21-17(13)25-5/h12H,6-11H2,1-5H3,(H,19,21)(H,20,24). The second kappa shape index (κ2) is 11.3. The summed E-state index contributed by atoms with van der Waals surface area (Å²) in [5.74, 6) is 0.752. The van der Waals surface area contributed by atoms with Crippen molar-refractivity contribution in [1.82, 2.24) is 20.1 Å². The molecule has 0 saturated carbocycles. The van der Waals surface area contributed by atoms with Gasteiger partial charge in [0.2, 0.25) is 5.88 Å². The molecule has 8 heteroatoms. The number of aromatic nitrogens is 1. The van der Waals surface area contributed by atoms with Crippen LogP contribution in [0.1, 0.15) is 24.2 Å². The summed E-state index contributed by atoms with van der Waals surface area (Å²) in [5.41, 5.74) is 0.419. The molecular weight excluding hydrogens is 386 g/mol. The Morgan fingerprint density at radius 1 is 1.28 bits per heavy atom. The van der Waals surface area contributed by atoms with Gasteiger partial charge in [-0.15, -0.1) is 0 Å². The Morgan fingerprint density at radius 3 is 2.56 bits per heavy atom. The fraction of sp³-hybridized carbons (Fsp3) is 0.647. The lowest BCUT2D eigenvalue weighted by molar-refractivity contribution is 0.0944. The van der Waals surface area contributed by atoms with E-state index < -0.39 is 0 Å². The minimum absolute atomic E-state index is 0.186. The lowest BCUT2D eigenvalue weighted by Crippen LogP contribution is -2.38. The molecule has 1 rings (SSSR count). The molecular formula is C17H30BrN5O2. The van der Waals surface area contributed by atoms with Gasteiger partial charge in [-0.2, -0.15) is 4.98 Å². The number of carbonyl (C=O) groups excluding carboxylic acids is 1. The molecule has 1 aromatic rings. The Hall–Kier alpha value is -1.38. The van der Waals surface area contributed by atoms with Crippen LogP contribution >= 0.6 is 15.9 Å². The topological polar surface area (TPSA) is 69.7 Å². The maximum absolute atomic E-state index is 12.5. The van der Waals surface area contributed by atoms with E-state index in [9.17, 15) is 4.79 Å². The highest BCUT2D eigenvalue weighted by atomic mass is 79.9. The van der Waals surface area contributed by atoms with Crippen LogP contribution in [-0.2, 0) is 0 Å². The molecule has 1 heterocycles. The smallest absolute Gasteiger partial charge is 0.256 e. The van der Waals surface area contributed by atoms with E-state index in [1.165, 1.54) is 7.11 Å². The number of pyridine rings is 1. The summed E-state index contributed by atoms with van der Waals surface area (Å²) >= 11 is 3.41. The minimum atomic E-state index is -0.186. The van der Waals surface area contributed by atoms with Gasteiger partial charge in [-0.3, -0.25) is 4.79 Å². The molecule has 1 aromatic heterocycles. The molecule has 0 atom stereocenters. The zero-order valence-corrected chi connectivity index (χ0v) is 17.4. The van der Waals surface area contributed by atoms with E-state index in [0.29, 0.717) is 23.8 Å². The van der Waals surface area contributed by atoms with E-state index >= 15 is 0 Å². The van der Waals surface area contributed by atoms with Crippen molar-refractivity contribution in [3.63, 3.8) is 0 Å². The van der Waals surface area contributed by atoms with Gasteiger partial charge in [-0.05, 0) is 42.1 Å². The minimum Gasteiger partial charge on any atom is -0.480 e. The number of amides is 1. The molecule has 0 radical (unpaired) electrons. The fourth-order valence-electron chi connectivity index (χ4n) is 2.29. The van der Waals surface area contributed by atoms with Crippen molar-refractivity contribution in [3.05, 3.63) is 16.1 Å². The van der Waals surface area contributed by atoms with E-state index in [0.717, 1.165) is 37.2 Å². The maximum atomic E-state index is 12.5. The van der Waals surface area contributed by atoms with Gasteiger partial charge < -0.3 is 25.2 Å². The van der Waals surface area contributed by atoms with Crippen LogP contribution in [-0.4, -0.2) is 81.2 Å². The molecule has 0 unspecified atom stereocenters. The van der Waals surface area contributed by atoms with Crippen LogP contribution in [0, 0.1) is 0 Å². The molecule has 0 bridgehead atoms. The van der Waals surface area contributed by atoms with Crippen LogP contribution in [0.3, 0.4) is 0 Å². The van der Waals surface area contributed by atoms with E-state index in [4.69, 9.17) is 4.74 Å². The number of hydrogen-bond acceptors (Lipinski definition) is 6. The number of likely N-dealkylation sites (N-methyl/N-ethyl adjacent to an activating group) is 2. The second-order valence-electron chi connectivity index (χ2n) is 5.71. The molecule has 0 fully saturated rings. The molecule has 0 aliphatic rings. The van der Waals surface area contributed by atoms with Crippen molar-refractivity contribution in [3.8, 4) is 5.88 Å². The molecule has 0 aromatic carbocycles. The highest BCUT2D eigenvalue weighted by Crippen LogP contribution is 2.27. The number of rotatable bonds is 11. The third kappa shape index (κ3) is 6.80. The van der Waals surface area contributed by atoms with Gasteiger partial charge in [0.25, 0.3) is 5.91 Å². The summed E-state index contributed by atoms with van der Waals surface area (Å²) in [4.78, 5) is 21.3. The number of nitrogens with zero attached hydrogens (tertiary/aromatic N) is 3. The lowest BCUT2D eigenvalue weighted by atomic mass is 10.2. The van der Waals surface area contributed by atoms with Crippen molar-refractivity contribution in [2.45, 2.75) is 13.8 Å². The molecule has 142 valence electrons. The predicted octanol–water partition coefficient (Wildman–Crippen LogP) is 1.90. The van der Waals surface area contributed by atoms with Gasteiger partial charge in [0.15, 0.2) is 0 Å². The van der Waals surface area contributed by atoms with E-state index in [-0.39, 0.29) is 5.91 Å². The van der Waals surface area contributed by atoms with Crippen LogP contribution in [0.4, 0.5) is 5.82 Å². The quantitative estimate of drug-likeness (QED) is 0.574. The Labute approximate surface area is 159 Å². The number of ether oxygens (including phenoxy) is 1. The monoisotopic (exact) mass is 415 g/mol. The number of hydrogen-bond donors (Lipinski definition) is 2. The SMILES string of the molecule is CCN(C)CCN(CC)CCNC(=O)c1cc(Br)c(NC)nc1OC. The molecule has 2 N–H and O–H groups in total. The molecule has 0 saturated heterocycles. The van der Waals surface area contributed by atoms with Gasteiger partial charge in [0.05, 0.1) is 11.6 Å². The largest absolute Gasteiger partial charge is 0.480 e. The van der Waals surface area contributed by atoms with Gasteiger partial charge in [-0.1, -0.05) is 13.8 Å². The number of anilines is 1. The molecule has 25 heavy (non-hydrogen) atoms. The third-order valence-electron chi connectivity index (χ3n) is 4.11. The van der Waals surface area contributed by atoms with Crippen LogP contribution in [0.2, 0.25) is 0 Å². The van der Waals surface area contributed by atoms with Gasteiger partial charge in [0.1, 0.15) is 11.4 Å². The highest BCUT2D eigenvalue weighted by molar-refractivity contribution is 9.10. The van der Waals surface area contributed by atoms with Crippen LogP contribution in [0.5, 0.6) is 5.88 Å². The van der Waals surface area contributed by atoms with Crippen LogP contribution in [0.25, 0.3) is 0 Å². The van der Waals surface area contributed by atoms with Crippen molar-refractivity contribution in [2.24, 2.45) is 0 Å².